The number of amides is 1. The molecule has 0 heterocycles. The Kier molecular flexibility index (Phi) is 6.80. The largest absolute Gasteiger partial charge is 0.354 e. The van der Waals surface area contributed by atoms with Crippen LogP contribution in [0, 0.1) is 22.7 Å². The van der Waals surface area contributed by atoms with Gasteiger partial charge in [-0.2, -0.15) is 5.26 Å². The van der Waals surface area contributed by atoms with Crippen molar-refractivity contribution in [3.8, 4) is 6.07 Å². The lowest BCUT2D eigenvalue weighted by atomic mass is 9.94. The molecule has 0 radical (unpaired) electrons. The van der Waals surface area contributed by atoms with Gasteiger partial charge in [0, 0.05) is 12.5 Å². The van der Waals surface area contributed by atoms with Gasteiger partial charge in [0.05, 0.1) is 11.5 Å². The first kappa shape index (κ1) is 15.0. The fourth-order valence-corrected chi connectivity index (χ4v) is 1.46. The molecule has 0 bridgehead atoms. The number of rotatable bonds is 7. The number of hydrogen-bond acceptors (Lipinski definition) is 2. The van der Waals surface area contributed by atoms with Gasteiger partial charge in [-0.15, -0.1) is 0 Å². The Bertz CT molecular complexity index is 253. The number of nitrogens with one attached hydrogen (secondary N) is 1. The van der Waals surface area contributed by atoms with Crippen LogP contribution in [-0.4, -0.2) is 12.5 Å². The van der Waals surface area contributed by atoms with Crippen molar-refractivity contribution in [3.63, 3.8) is 0 Å². The second kappa shape index (κ2) is 7.27. The van der Waals surface area contributed by atoms with Crippen LogP contribution in [0.4, 0.5) is 0 Å². The molecule has 1 unspecified atom stereocenters. The summed E-state index contributed by atoms with van der Waals surface area (Å²) in [5, 5.41) is 11.7. The van der Waals surface area contributed by atoms with Crippen LogP contribution in [0.1, 0.15) is 53.4 Å². The van der Waals surface area contributed by atoms with Crippen LogP contribution in [0.15, 0.2) is 0 Å². The molecule has 1 N–H and O–H groups in total. The summed E-state index contributed by atoms with van der Waals surface area (Å²) in [5.74, 6) is 0.203. The molecule has 0 aromatic rings. The number of nitrogens with zero attached hydrogens (tertiary/aromatic N) is 1. The second-order valence-corrected chi connectivity index (χ2v) is 4.96. The lowest BCUT2D eigenvalue weighted by Gasteiger charge is -2.19. The average Bonchev–Trinajstić information content (AvgIpc) is 2.27. The lowest BCUT2D eigenvalue weighted by molar-refractivity contribution is -0.125. The van der Waals surface area contributed by atoms with Gasteiger partial charge in [0.15, 0.2) is 0 Å². The summed E-state index contributed by atoms with van der Waals surface area (Å²) < 4.78 is 0. The van der Waals surface area contributed by atoms with E-state index in [1.165, 1.54) is 0 Å². The molecule has 3 nitrogen and oxygen atoms in total. The molecular weight excluding hydrogens is 200 g/mol. The summed E-state index contributed by atoms with van der Waals surface area (Å²) in [6.45, 7) is 8.27. The highest BCUT2D eigenvalue weighted by atomic mass is 16.1. The van der Waals surface area contributed by atoms with Gasteiger partial charge in [-0.25, -0.2) is 0 Å². The Morgan fingerprint density at radius 2 is 2.06 bits per heavy atom. The molecule has 0 fully saturated rings. The maximum Gasteiger partial charge on any atom is 0.223 e. The third kappa shape index (κ3) is 5.75. The molecule has 1 amide bonds. The second-order valence-electron chi connectivity index (χ2n) is 4.96. The third-order valence-electron chi connectivity index (χ3n) is 2.78. The van der Waals surface area contributed by atoms with E-state index in [0.717, 1.165) is 25.7 Å². The predicted molar refractivity (Wildman–Crippen MR) is 65.7 cm³/mol. The maximum atomic E-state index is 11.8. The van der Waals surface area contributed by atoms with Crippen molar-refractivity contribution in [1.29, 1.82) is 5.26 Å². The molecule has 0 aliphatic carbocycles. The molecule has 0 saturated carbocycles. The van der Waals surface area contributed by atoms with Crippen molar-refractivity contribution in [2.24, 2.45) is 11.3 Å². The van der Waals surface area contributed by atoms with E-state index in [-0.39, 0.29) is 11.8 Å². The Hall–Kier alpha value is -1.04. The number of carbonyl (C=O) groups excluding carboxylic acids is 1. The zero-order valence-electron chi connectivity index (χ0n) is 11.0. The van der Waals surface area contributed by atoms with Crippen molar-refractivity contribution >= 4 is 5.91 Å². The summed E-state index contributed by atoms with van der Waals surface area (Å²) in [5.41, 5.74) is -0.474. The van der Waals surface area contributed by atoms with Gasteiger partial charge in [-0.3, -0.25) is 4.79 Å². The molecule has 3 heteroatoms. The molecule has 0 spiro atoms. The van der Waals surface area contributed by atoms with E-state index < -0.39 is 5.41 Å². The topological polar surface area (TPSA) is 52.9 Å². The first-order valence-corrected chi connectivity index (χ1v) is 6.15. The van der Waals surface area contributed by atoms with E-state index in [4.69, 9.17) is 5.26 Å². The fraction of sp³-hybridized carbons (Fsp3) is 0.846. The molecular formula is C13H24N2O. The molecule has 0 rings (SSSR count). The van der Waals surface area contributed by atoms with Gasteiger partial charge in [-0.1, -0.05) is 26.7 Å². The molecule has 0 saturated heterocycles. The van der Waals surface area contributed by atoms with Crippen LogP contribution < -0.4 is 5.32 Å². The van der Waals surface area contributed by atoms with Gasteiger partial charge in [0.2, 0.25) is 5.91 Å². The minimum Gasteiger partial charge on any atom is -0.354 e. The average molecular weight is 224 g/mol. The van der Waals surface area contributed by atoms with Gasteiger partial charge in [0.25, 0.3) is 0 Å². The zero-order valence-corrected chi connectivity index (χ0v) is 11.0. The van der Waals surface area contributed by atoms with Gasteiger partial charge in [0.1, 0.15) is 0 Å². The van der Waals surface area contributed by atoms with Crippen molar-refractivity contribution < 1.29 is 4.79 Å². The monoisotopic (exact) mass is 224 g/mol. The Labute approximate surface area is 99.2 Å². The number of unbranched alkanes of at least 4 members (excludes halogenated alkanes) is 1. The number of nitriles is 1. The minimum atomic E-state index is -0.474. The zero-order chi connectivity index (χ0) is 12.6. The first-order chi connectivity index (χ1) is 7.46. The lowest BCUT2D eigenvalue weighted by Crippen LogP contribution is -2.37. The fourth-order valence-electron chi connectivity index (χ4n) is 1.46. The van der Waals surface area contributed by atoms with Crippen LogP contribution in [0.3, 0.4) is 0 Å². The van der Waals surface area contributed by atoms with Crippen LogP contribution in [0.25, 0.3) is 0 Å². The van der Waals surface area contributed by atoms with Gasteiger partial charge < -0.3 is 5.32 Å². The van der Waals surface area contributed by atoms with Crippen molar-refractivity contribution in [2.45, 2.75) is 53.4 Å². The Morgan fingerprint density at radius 3 is 2.50 bits per heavy atom. The summed E-state index contributed by atoms with van der Waals surface area (Å²) >= 11 is 0. The van der Waals surface area contributed by atoms with Crippen LogP contribution >= 0.6 is 0 Å². The Balaban J connectivity index is 4.08. The first-order valence-electron chi connectivity index (χ1n) is 6.15. The summed E-state index contributed by atoms with van der Waals surface area (Å²) in [4.78, 5) is 11.8. The van der Waals surface area contributed by atoms with Crippen LogP contribution in [-0.2, 0) is 4.79 Å². The van der Waals surface area contributed by atoms with Crippen molar-refractivity contribution in [3.05, 3.63) is 0 Å². The van der Waals surface area contributed by atoms with E-state index in [0.29, 0.717) is 6.54 Å². The standard InChI is InChI=1S/C13H24N2O/c1-5-7-8-11(6-2)12(16)15-10-13(3,4)9-14/h11H,5-8,10H2,1-4H3,(H,15,16). The Morgan fingerprint density at radius 1 is 1.44 bits per heavy atom. The molecule has 1 atom stereocenters. The highest BCUT2D eigenvalue weighted by Gasteiger charge is 2.21. The highest BCUT2D eigenvalue weighted by molar-refractivity contribution is 5.78. The molecule has 92 valence electrons. The smallest absolute Gasteiger partial charge is 0.223 e. The third-order valence-corrected chi connectivity index (χ3v) is 2.78. The minimum absolute atomic E-state index is 0.0966. The van der Waals surface area contributed by atoms with Crippen molar-refractivity contribution in [2.75, 3.05) is 6.54 Å². The molecule has 16 heavy (non-hydrogen) atoms. The quantitative estimate of drug-likeness (QED) is 0.723. The molecule has 0 aliphatic rings. The maximum absolute atomic E-state index is 11.8. The van der Waals surface area contributed by atoms with Crippen molar-refractivity contribution in [1.82, 2.24) is 5.32 Å². The summed E-state index contributed by atoms with van der Waals surface area (Å²) in [6.07, 6.45) is 4.03. The number of carbonyl (C=O) groups is 1. The van der Waals surface area contributed by atoms with E-state index in [2.05, 4.69) is 18.3 Å². The SMILES string of the molecule is CCCCC(CC)C(=O)NCC(C)(C)C#N. The molecule has 0 aliphatic heterocycles. The highest BCUT2D eigenvalue weighted by Crippen LogP contribution is 2.15. The predicted octanol–water partition coefficient (Wildman–Crippen LogP) is 2.87. The van der Waals surface area contributed by atoms with Gasteiger partial charge >= 0.3 is 0 Å². The normalized spacial score (nSPS) is 12.9. The van der Waals surface area contributed by atoms with E-state index in [9.17, 15) is 4.79 Å². The van der Waals surface area contributed by atoms with E-state index in [1.54, 1.807) is 0 Å². The van der Waals surface area contributed by atoms with E-state index >= 15 is 0 Å². The summed E-state index contributed by atoms with van der Waals surface area (Å²) in [6, 6.07) is 2.18. The summed E-state index contributed by atoms with van der Waals surface area (Å²) in [7, 11) is 0. The van der Waals surface area contributed by atoms with Gasteiger partial charge in [-0.05, 0) is 26.7 Å². The van der Waals surface area contributed by atoms with Crippen LogP contribution in [0.5, 0.6) is 0 Å². The molecule has 0 aromatic heterocycles. The van der Waals surface area contributed by atoms with E-state index in [1.807, 2.05) is 20.8 Å². The molecule has 0 aromatic carbocycles. The van der Waals surface area contributed by atoms with Crippen LogP contribution in [0.2, 0.25) is 0 Å². The number of hydrogen-bond donors (Lipinski definition) is 1.